The van der Waals surface area contributed by atoms with Crippen molar-refractivity contribution < 1.29 is 14.3 Å². The van der Waals surface area contributed by atoms with Crippen LogP contribution in [0.5, 0.6) is 0 Å². The van der Waals surface area contributed by atoms with Crippen molar-refractivity contribution in [3.63, 3.8) is 0 Å². The van der Waals surface area contributed by atoms with E-state index in [0.29, 0.717) is 19.7 Å². The van der Waals surface area contributed by atoms with Crippen molar-refractivity contribution in [3.8, 4) is 0 Å². The molecule has 0 spiro atoms. The van der Waals surface area contributed by atoms with E-state index in [9.17, 15) is 9.59 Å². The predicted molar refractivity (Wildman–Crippen MR) is 57.6 cm³/mol. The van der Waals surface area contributed by atoms with Crippen LogP contribution in [-0.4, -0.2) is 36.9 Å². The van der Waals surface area contributed by atoms with Gasteiger partial charge < -0.3 is 15.8 Å². The van der Waals surface area contributed by atoms with E-state index in [1.807, 2.05) is 6.92 Å². The van der Waals surface area contributed by atoms with Crippen LogP contribution in [0.2, 0.25) is 0 Å². The molecule has 3 N–H and O–H groups in total. The summed E-state index contributed by atoms with van der Waals surface area (Å²) in [5, 5.41) is 1.12. The van der Waals surface area contributed by atoms with Crippen molar-refractivity contribution >= 4 is 23.5 Å². The van der Waals surface area contributed by atoms with Crippen LogP contribution in [0.4, 0.5) is 0 Å². The first-order valence-electron chi connectivity index (χ1n) is 4.92. The Morgan fingerprint density at radius 3 is 2.73 bits per heavy atom. The number of esters is 1. The Labute approximate surface area is 94.3 Å². The zero-order chi connectivity index (χ0) is 11.7. The van der Waals surface area contributed by atoms with Crippen LogP contribution in [0, 0.1) is 0 Å². The Kier molecular flexibility index (Phi) is 8.04. The first-order chi connectivity index (χ1) is 7.13. The zero-order valence-electron chi connectivity index (χ0n) is 8.79. The Hall–Kier alpha value is -0.810. The Balaban J connectivity index is 3.80. The molecule has 0 fully saturated rings. The van der Waals surface area contributed by atoms with Crippen LogP contribution in [0.1, 0.15) is 19.8 Å². The van der Waals surface area contributed by atoms with Crippen molar-refractivity contribution in [2.45, 2.75) is 25.1 Å². The topological polar surface area (TPSA) is 81.4 Å². The van der Waals surface area contributed by atoms with Crippen LogP contribution in [0.25, 0.3) is 0 Å². The molecule has 0 saturated carbocycles. The van der Waals surface area contributed by atoms with E-state index in [1.165, 1.54) is 0 Å². The molecule has 0 saturated heterocycles. The summed E-state index contributed by atoms with van der Waals surface area (Å²) < 4.78 is 4.78. The largest absolute Gasteiger partial charge is 0.464 e. The average molecular weight is 237 g/mol. The zero-order valence-corrected chi connectivity index (χ0v) is 9.55. The fourth-order valence-electron chi connectivity index (χ4n) is 0.782. The number of nitrogens with two attached hydrogens (primary N) is 1. The maximum absolute atomic E-state index is 11.2. The summed E-state index contributed by atoms with van der Waals surface area (Å²) >= 11 is 5.57. The summed E-state index contributed by atoms with van der Waals surface area (Å²) in [5.74, 6) is -1.27. The van der Waals surface area contributed by atoms with Gasteiger partial charge in [0.15, 0.2) is 0 Å². The highest BCUT2D eigenvalue weighted by Gasteiger charge is 2.24. The first kappa shape index (κ1) is 14.2. The second kappa shape index (κ2) is 8.49. The number of rotatable bonds is 7. The summed E-state index contributed by atoms with van der Waals surface area (Å²) in [6.07, 6.45) is 1.68. The molecule has 1 unspecified atom stereocenters. The van der Waals surface area contributed by atoms with Gasteiger partial charge in [0.05, 0.1) is 6.61 Å². The van der Waals surface area contributed by atoms with Gasteiger partial charge in [-0.2, -0.15) is 0 Å². The Morgan fingerprint density at radius 2 is 2.20 bits per heavy atom. The second-order valence-corrected chi connectivity index (χ2v) is 3.40. The molecule has 0 bridgehead atoms. The van der Waals surface area contributed by atoms with Crippen molar-refractivity contribution in [1.82, 2.24) is 5.32 Å². The lowest BCUT2D eigenvalue weighted by Crippen LogP contribution is -2.39. The molecule has 15 heavy (non-hydrogen) atoms. The van der Waals surface area contributed by atoms with Crippen molar-refractivity contribution in [2.75, 3.05) is 19.7 Å². The summed E-state index contributed by atoms with van der Waals surface area (Å²) in [6.45, 7) is 2.87. The molecule has 88 valence electrons. The van der Waals surface area contributed by atoms with E-state index in [4.69, 9.17) is 22.1 Å². The van der Waals surface area contributed by atoms with E-state index >= 15 is 0 Å². The highest BCUT2D eigenvalue weighted by atomic mass is 35.5. The number of ether oxygens (including phenoxy) is 1. The maximum atomic E-state index is 11.2. The lowest BCUT2D eigenvalue weighted by atomic mass is 10.3. The van der Waals surface area contributed by atoms with Gasteiger partial charge in [0.1, 0.15) is 0 Å². The summed E-state index contributed by atoms with van der Waals surface area (Å²) in [4.78, 5) is 22.4. The molecular formula is C9H17ClN2O3. The van der Waals surface area contributed by atoms with Crippen molar-refractivity contribution in [2.24, 2.45) is 5.73 Å². The lowest BCUT2D eigenvalue weighted by Gasteiger charge is -2.09. The molecule has 0 aromatic carbocycles. The lowest BCUT2D eigenvalue weighted by molar-refractivity contribution is -0.146. The predicted octanol–water partition coefficient (Wildman–Crippen LogP) is 0.0120. The van der Waals surface area contributed by atoms with E-state index in [-0.39, 0.29) is 0 Å². The SMILES string of the molecule is CCCCOC(=O)C(Cl)C(=O)NCCN. The monoisotopic (exact) mass is 236 g/mol. The standard InChI is InChI=1S/C9H17ClN2O3/c1-2-3-6-15-9(14)7(10)8(13)12-5-4-11/h7H,2-6,11H2,1H3,(H,12,13). The second-order valence-electron chi connectivity index (χ2n) is 2.96. The molecule has 0 aliphatic heterocycles. The number of unbranched alkanes of at least 4 members (excludes halogenated alkanes) is 1. The van der Waals surface area contributed by atoms with Gasteiger partial charge in [0.2, 0.25) is 11.3 Å². The minimum Gasteiger partial charge on any atom is -0.464 e. The first-order valence-corrected chi connectivity index (χ1v) is 5.35. The quantitative estimate of drug-likeness (QED) is 0.282. The van der Waals surface area contributed by atoms with Gasteiger partial charge in [-0.3, -0.25) is 4.79 Å². The Morgan fingerprint density at radius 1 is 1.53 bits per heavy atom. The van der Waals surface area contributed by atoms with Gasteiger partial charge >= 0.3 is 5.97 Å². The van der Waals surface area contributed by atoms with Gasteiger partial charge in [-0.05, 0) is 6.42 Å². The third-order valence-corrected chi connectivity index (χ3v) is 2.00. The molecule has 1 atom stereocenters. The molecule has 0 aromatic rings. The molecule has 0 aliphatic carbocycles. The summed E-state index contributed by atoms with van der Waals surface area (Å²) in [5.41, 5.74) is 5.18. The minimum atomic E-state index is -1.28. The average Bonchev–Trinajstić information content (AvgIpc) is 2.24. The number of halogens is 1. The van der Waals surface area contributed by atoms with Gasteiger partial charge in [-0.15, -0.1) is 0 Å². The van der Waals surface area contributed by atoms with Crippen molar-refractivity contribution in [3.05, 3.63) is 0 Å². The fourth-order valence-corrected chi connectivity index (χ4v) is 0.922. The summed E-state index contributed by atoms with van der Waals surface area (Å²) in [6, 6.07) is 0. The van der Waals surface area contributed by atoms with Crippen LogP contribution >= 0.6 is 11.6 Å². The number of carbonyl (C=O) groups excluding carboxylic acids is 2. The van der Waals surface area contributed by atoms with Crippen molar-refractivity contribution in [1.29, 1.82) is 0 Å². The number of alkyl halides is 1. The number of hydrogen-bond donors (Lipinski definition) is 2. The van der Waals surface area contributed by atoms with E-state index < -0.39 is 17.3 Å². The smallest absolute Gasteiger partial charge is 0.333 e. The van der Waals surface area contributed by atoms with Crippen LogP contribution in [0.15, 0.2) is 0 Å². The number of hydrogen-bond acceptors (Lipinski definition) is 4. The highest BCUT2D eigenvalue weighted by molar-refractivity contribution is 6.40. The van der Waals surface area contributed by atoms with Crippen LogP contribution in [-0.2, 0) is 14.3 Å². The molecule has 0 aromatic heterocycles. The van der Waals surface area contributed by atoms with Gasteiger partial charge in [0.25, 0.3) is 0 Å². The van der Waals surface area contributed by atoms with Crippen LogP contribution in [0.3, 0.4) is 0 Å². The molecule has 0 aliphatic rings. The third-order valence-electron chi connectivity index (χ3n) is 1.62. The molecule has 6 heteroatoms. The molecule has 0 radical (unpaired) electrons. The van der Waals surface area contributed by atoms with Gasteiger partial charge in [-0.25, -0.2) is 4.79 Å². The Bertz CT molecular complexity index is 212. The maximum Gasteiger partial charge on any atom is 0.333 e. The van der Waals surface area contributed by atoms with Gasteiger partial charge in [0, 0.05) is 13.1 Å². The van der Waals surface area contributed by atoms with E-state index in [2.05, 4.69) is 5.32 Å². The minimum absolute atomic E-state index is 0.294. The van der Waals surface area contributed by atoms with E-state index in [0.717, 1.165) is 12.8 Å². The van der Waals surface area contributed by atoms with Crippen LogP contribution < -0.4 is 11.1 Å². The molecule has 1 amide bonds. The number of nitrogens with one attached hydrogen (secondary N) is 1. The third kappa shape index (κ3) is 6.30. The molecule has 0 heterocycles. The summed E-state index contributed by atoms with van der Waals surface area (Å²) in [7, 11) is 0. The number of amides is 1. The van der Waals surface area contributed by atoms with Gasteiger partial charge in [-0.1, -0.05) is 24.9 Å². The van der Waals surface area contributed by atoms with E-state index in [1.54, 1.807) is 0 Å². The molecule has 0 rings (SSSR count). The normalized spacial score (nSPS) is 11.9. The fraction of sp³-hybridized carbons (Fsp3) is 0.778. The number of carbonyl (C=O) groups is 2. The molecular weight excluding hydrogens is 220 g/mol. The molecule has 5 nitrogen and oxygen atoms in total. The highest BCUT2D eigenvalue weighted by Crippen LogP contribution is 2.00.